The number of imide groups is 1. The van der Waals surface area contributed by atoms with Crippen LogP contribution in [0.15, 0.2) is 47.4 Å². The van der Waals surface area contributed by atoms with Gasteiger partial charge < -0.3 is 41.6 Å². The molecule has 1 atom stereocenters. The van der Waals surface area contributed by atoms with Gasteiger partial charge in [-0.1, -0.05) is 6.42 Å². The number of fused-ring (bicyclic) bond motifs is 1. The number of aromatic nitrogens is 4. The molecule has 3 heterocycles. The van der Waals surface area contributed by atoms with E-state index in [0.717, 1.165) is 24.2 Å². The Kier molecular flexibility index (Phi) is 14.1. The molecule has 5 rings (SSSR count). The number of aromatic amines is 1. The van der Waals surface area contributed by atoms with E-state index in [0.29, 0.717) is 24.2 Å². The number of rotatable bonds is 20. The third-order valence-corrected chi connectivity index (χ3v) is 9.03. The number of nitrogens with one attached hydrogen (secondary N) is 5. The predicted octanol–water partition coefficient (Wildman–Crippen LogP) is 0.112. The van der Waals surface area contributed by atoms with E-state index in [1.54, 1.807) is 12.1 Å². The van der Waals surface area contributed by atoms with Gasteiger partial charge in [-0.25, -0.2) is 14.8 Å². The Hall–Kier alpha value is -6.28. The number of nitrogen functional groups attached to an aromatic ring is 1. The molecule has 1 fully saturated rings. The number of ether oxygens (including phenoxy) is 2. The molecule has 5 amide bonds. The summed E-state index contributed by atoms with van der Waals surface area (Å²) in [4.78, 5) is 101. The van der Waals surface area contributed by atoms with Gasteiger partial charge in [-0.05, 0) is 43.5 Å². The predicted molar refractivity (Wildman–Crippen MR) is 198 cm³/mol. The van der Waals surface area contributed by atoms with Gasteiger partial charge in [0.1, 0.15) is 6.04 Å². The Morgan fingerprint density at radius 1 is 0.911 bits per heavy atom. The highest BCUT2D eigenvalue weighted by molar-refractivity contribution is 6.13. The first-order valence-electron chi connectivity index (χ1n) is 18.2. The van der Waals surface area contributed by atoms with Gasteiger partial charge in [0.2, 0.25) is 17.8 Å². The number of carbonyl (C=O) groups is 6. The molecule has 0 spiro atoms. The van der Waals surface area contributed by atoms with Gasteiger partial charge in [-0.3, -0.25) is 38.7 Å². The highest BCUT2D eigenvalue weighted by Crippen LogP contribution is 2.32. The minimum Gasteiger partial charge on any atom is -0.480 e. The highest BCUT2D eigenvalue weighted by Gasteiger charge is 2.34. The molecular weight excluding hydrogens is 732 g/mol. The summed E-state index contributed by atoms with van der Waals surface area (Å²) in [5, 5.41) is 20.7. The fourth-order valence-electron chi connectivity index (χ4n) is 6.08. The van der Waals surface area contributed by atoms with Crippen molar-refractivity contribution in [3.05, 3.63) is 64.2 Å². The van der Waals surface area contributed by atoms with Crippen molar-refractivity contribution in [1.29, 1.82) is 0 Å². The van der Waals surface area contributed by atoms with Crippen LogP contribution in [0.25, 0.3) is 11.2 Å². The van der Waals surface area contributed by atoms with E-state index in [2.05, 4.69) is 41.2 Å². The molecular formula is C36H44N10O10. The quantitative estimate of drug-likeness (QED) is 0.0455. The molecule has 56 heavy (non-hydrogen) atoms. The van der Waals surface area contributed by atoms with Crippen LogP contribution in [0.4, 0.5) is 11.6 Å². The van der Waals surface area contributed by atoms with Crippen molar-refractivity contribution in [3.63, 3.8) is 0 Å². The number of carboxylic acid groups (broad SMARTS) is 1. The van der Waals surface area contributed by atoms with Crippen molar-refractivity contribution < 1.29 is 43.3 Å². The number of hydrogen-bond donors (Lipinski definition) is 7. The van der Waals surface area contributed by atoms with Crippen molar-refractivity contribution in [2.75, 3.05) is 43.9 Å². The SMILES string of the molecule is Nc1nc2ncc(CNc3ccc(C(=O)N[C@@H](CCC(=O)NCCOC4(OCCNC(=O)CCN5C(=O)C=CC5=O)CCCCC4)C(=O)O)cc3)nc2c(=O)[nH]1. The third-order valence-electron chi connectivity index (χ3n) is 9.03. The summed E-state index contributed by atoms with van der Waals surface area (Å²) < 4.78 is 12.2. The molecule has 2 aliphatic rings. The number of amides is 5. The number of nitrogens with zero attached hydrogens (tertiary/aromatic N) is 4. The first kappa shape index (κ1) is 40.9. The average molecular weight is 777 g/mol. The molecule has 3 aromatic rings. The molecule has 2 aromatic heterocycles. The van der Waals surface area contributed by atoms with Gasteiger partial charge in [0.15, 0.2) is 17.0 Å². The Bertz CT molecular complexity index is 2000. The second kappa shape index (κ2) is 19.4. The van der Waals surface area contributed by atoms with E-state index in [-0.39, 0.29) is 87.2 Å². The summed E-state index contributed by atoms with van der Waals surface area (Å²) >= 11 is 0. The van der Waals surface area contributed by atoms with Crippen molar-refractivity contribution >= 4 is 58.3 Å². The number of benzene rings is 1. The van der Waals surface area contributed by atoms with Crippen LogP contribution in [0.3, 0.4) is 0 Å². The number of carbonyl (C=O) groups excluding carboxylic acids is 5. The maximum Gasteiger partial charge on any atom is 0.326 e. The molecule has 1 aliphatic heterocycles. The summed E-state index contributed by atoms with van der Waals surface area (Å²) in [5.74, 6) is -4.49. The lowest BCUT2D eigenvalue weighted by Crippen LogP contribution is -2.43. The number of carboxylic acids is 1. The first-order chi connectivity index (χ1) is 26.9. The van der Waals surface area contributed by atoms with Gasteiger partial charge in [0.05, 0.1) is 31.6 Å². The minimum absolute atomic E-state index is 0.0101. The number of anilines is 2. The zero-order chi connectivity index (χ0) is 40.1. The lowest BCUT2D eigenvalue weighted by Gasteiger charge is -2.37. The van der Waals surface area contributed by atoms with E-state index in [1.165, 1.54) is 30.5 Å². The fraction of sp³-hybridized carbons (Fsp3) is 0.444. The summed E-state index contributed by atoms with van der Waals surface area (Å²) in [6.45, 7) is 0.852. The van der Waals surface area contributed by atoms with E-state index < -0.39 is 47.0 Å². The molecule has 0 saturated heterocycles. The first-order valence-corrected chi connectivity index (χ1v) is 18.2. The van der Waals surface area contributed by atoms with Crippen molar-refractivity contribution in [1.82, 2.24) is 40.8 Å². The van der Waals surface area contributed by atoms with Crippen molar-refractivity contribution in [2.45, 2.75) is 69.7 Å². The second-order valence-corrected chi connectivity index (χ2v) is 13.1. The molecule has 1 aliphatic carbocycles. The minimum atomic E-state index is -1.32. The van der Waals surface area contributed by atoms with E-state index in [1.807, 2.05) is 0 Å². The normalized spacial score (nSPS) is 15.4. The van der Waals surface area contributed by atoms with Gasteiger partial charge in [0.25, 0.3) is 23.3 Å². The fourth-order valence-corrected chi connectivity index (χ4v) is 6.08. The molecule has 20 nitrogen and oxygen atoms in total. The van der Waals surface area contributed by atoms with Gasteiger partial charge in [-0.15, -0.1) is 0 Å². The van der Waals surface area contributed by atoms with Crippen LogP contribution in [0.1, 0.15) is 67.4 Å². The Morgan fingerprint density at radius 2 is 1.55 bits per heavy atom. The topological polar surface area (TPSA) is 290 Å². The molecule has 298 valence electrons. The average Bonchev–Trinajstić information content (AvgIpc) is 3.51. The number of aliphatic carboxylic acids is 1. The molecule has 0 unspecified atom stereocenters. The summed E-state index contributed by atoms with van der Waals surface area (Å²) in [5.41, 5.74) is 6.47. The maximum absolute atomic E-state index is 12.9. The van der Waals surface area contributed by atoms with Gasteiger partial charge in [0, 0.05) is 68.7 Å². The van der Waals surface area contributed by atoms with Crippen LogP contribution < -0.4 is 32.6 Å². The standard InChI is InChI=1S/C36H44N10O10/c37-35-44-31-30(33(52)45-35)42-24(21-41-31)20-40-23-6-4-22(5-7-23)32(51)43-25(34(53)54)8-9-26(47)38-15-18-55-36(13-2-1-3-14-36)56-19-16-39-27(48)12-17-46-28(49)10-11-29(46)50/h4-7,10-11,21,25,40H,1-3,8-9,12-20H2,(H,38,47)(H,39,48)(H,43,51)(H,53,54)(H3,37,41,44,45,52)/t25-/m0/s1. The van der Waals surface area contributed by atoms with E-state index in [4.69, 9.17) is 15.2 Å². The van der Waals surface area contributed by atoms with Crippen LogP contribution in [-0.2, 0) is 40.0 Å². The van der Waals surface area contributed by atoms with Crippen molar-refractivity contribution in [2.24, 2.45) is 0 Å². The third kappa shape index (κ3) is 11.6. The molecule has 8 N–H and O–H groups in total. The number of hydrogen-bond acceptors (Lipinski definition) is 14. The molecule has 1 aromatic carbocycles. The second-order valence-electron chi connectivity index (χ2n) is 13.1. The molecule has 20 heteroatoms. The Labute approximate surface area is 320 Å². The van der Waals surface area contributed by atoms with Crippen molar-refractivity contribution in [3.8, 4) is 0 Å². The maximum atomic E-state index is 12.9. The number of nitrogens with two attached hydrogens (primary N) is 1. The van der Waals surface area contributed by atoms with Crippen LogP contribution in [0.5, 0.6) is 0 Å². The van der Waals surface area contributed by atoms with Gasteiger partial charge in [-0.2, -0.15) is 4.98 Å². The summed E-state index contributed by atoms with van der Waals surface area (Å²) in [7, 11) is 0. The zero-order valence-corrected chi connectivity index (χ0v) is 30.5. The van der Waals surface area contributed by atoms with E-state index >= 15 is 0 Å². The largest absolute Gasteiger partial charge is 0.480 e. The molecule has 1 saturated carbocycles. The molecule has 0 bridgehead atoms. The Balaban J connectivity index is 0.989. The van der Waals surface area contributed by atoms with Crippen LogP contribution >= 0.6 is 0 Å². The van der Waals surface area contributed by atoms with Crippen LogP contribution in [-0.4, -0.2) is 110 Å². The summed E-state index contributed by atoms with van der Waals surface area (Å²) in [6, 6.07) is 4.94. The smallest absolute Gasteiger partial charge is 0.326 e. The summed E-state index contributed by atoms with van der Waals surface area (Å²) in [6.07, 6.45) is 7.52. The highest BCUT2D eigenvalue weighted by atomic mass is 16.7. The lowest BCUT2D eigenvalue weighted by molar-refractivity contribution is -0.250. The number of H-pyrrole nitrogens is 1. The monoisotopic (exact) mass is 776 g/mol. The van der Waals surface area contributed by atoms with E-state index in [9.17, 15) is 38.7 Å². The Morgan fingerprint density at radius 3 is 2.20 bits per heavy atom. The van der Waals surface area contributed by atoms with Gasteiger partial charge >= 0.3 is 5.97 Å². The zero-order valence-electron chi connectivity index (χ0n) is 30.5. The van der Waals surface area contributed by atoms with Crippen LogP contribution in [0, 0.1) is 0 Å². The lowest BCUT2D eigenvalue weighted by atomic mass is 9.94. The molecule has 0 radical (unpaired) electrons. The van der Waals surface area contributed by atoms with Crippen LogP contribution in [0.2, 0.25) is 0 Å².